The number of amides is 3. The number of thiophene rings is 1. The van der Waals surface area contributed by atoms with Gasteiger partial charge in [0.2, 0.25) is 5.91 Å². The second-order valence-electron chi connectivity index (χ2n) is 6.23. The average molecular weight is 371 g/mol. The van der Waals surface area contributed by atoms with E-state index in [0.717, 1.165) is 15.4 Å². The summed E-state index contributed by atoms with van der Waals surface area (Å²) in [7, 11) is 0. The number of hydrogen-bond donors (Lipinski definition) is 2. The number of anilines is 2. The van der Waals surface area contributed by atoms with Crippen LogP contribution in [0.15, 0.2) is 30.3 Å². The first kappa shape index (κ1) is 18.1. The van der Waals surface area contributed by atoms with Crippen molar-refractivity contribution in [2.24, 2.45) is 0 Å². The molecule has 1 aliphatic rings. The first-order valence-electron chi connectivity index (χ1n) is 8.49. The van der Waals surface area contributed by atoms with Crippen LogP contribution < -0.4 is 15.5 Å². The molecule has 1 aliphatic heterocycles. The standard InChI is InChI=1S/C19H21N3O3S/c1-12-11-16(13(2)26-12)17(23)7-8-18(24)21-14-3-5-15(6-4-14)22-10-9-20-19(22)25/h3-6,11H,7-10H2,1-2H3,(H,20,25)(H,21,24). The van der Waals surface area contributed by atoms with Gasteiger partial charge in [0.1, 0.15) is 0 Å². The summed E-state index contributed by atoms with van der Waals surface area (Å²) in [6, 6.07) is 8.87. The van der Waals surface area contributed by atoms with Crippen molar-refractivity contribution >= 4 is 40.4 Å². The fourth-order valence-corrected chi connectivity index (χ4v) is 3.88. The Kier molecular flexibility index (Phi) is 5.37. The zero-order valence-electron chi connectivity index (χ0n) is 14.8. The quantitative estimate of drug-likeness (QED) is 0.763. The third kappa shape index (κ3) is 4.11. The topological polar surface area (TPSA) is 78.5 Å². The Morgan fingerprint density at radius 1 is 1.19 bits per heavy atom. The Balaban J connectivity index is 1.52. The summed E-state index contributed by atoms with van der Waals surface area (Å²) in [5.41, 5.74) is 2.15. The molecule has 136 valence electrons. The number of carbonyl (C=O) groups excluding carboxylic acids is 3. The van der Waals surface area contributed by atoms with Gasteiger partial charge in [-0.25, -0.2) is 4.79 Å². The van der Waals surface area contributed by atoms with Crippen molar-refractivity contribution in [2.75, 3.05) is 23.3 Å². The number of carbonyl (C=O) groups is 3. The van der Waals surface area contributed by atoms with Crippen molar-refractivity contribution in [3.63, 3.8) is 0 Å². The zero-order chi connectivity index (χ0) is 18.7. The van der Waals surface area contributed by atoms with Crippen molar-refractivity contribution in [1.29, 1.82) is 0 Å². The van der Waals surface area contributed by atoms with Crippen LogP contribution >= 0.6 is 11.3 Å². The van der Waals surface area contributed by atoms with Crippen molar-refractivity contribution in [3.05, 3.63) is 45.6 Å². The van der Waals surface area contributed by atoms with Crippen LogP contribution in [0.5, 0.6) is 0 Å². The molecule has 0 aliphatic carbocycles. The average Bonchev–Trinajstić information content (AvgIpc) is 3.18. The number of Topliss-reactive ketones (excluding diaryl/α,β-unsaturated/α-hetero) is 1. The summed E-state index contributed by atoms with van der Waals surface area (Å²) >= 11 is 1.59. The molecule has 0 spiro atoms. The third-order valence-electron chi connectivity index (χ3n) is 4.24. The number of hydrogen-bond acceptors (Lipinski definition) is 4. The van der Waals surface area contributed by atoms with E-state index in [4.69, 9.17) is 0 Å². The smallest absolute Gasteiger partial charge is 0.321 e. The van der Waals surface area contributed by atoms with Gasteiger partial charge in [-0.2, -0.15) is 0 Å². The molecule has 1 aromatic heterocycles. The second kappa shape index (κ2) is 7.70. The van der Waals surface area contributed by atoms with Crippen LogP contribution in [0.3, 0.4) is 0 Å². The molecule has 3 amide bonds. The highest BCUT2D eigenvalue weighted by atomic mass is 32.1. The van der Waals surface area contributed by atoms with E-state index in [9.17, 15) is 14.4 Å². The highest BCUT2D eigenvalue weighted by molar-refractivity contribution is 7.12. The number of nitrogens with zero attached hydrogens (tertiary/aromatic N) is 1. The van der Waals surface area contributed by atoms with E-state index in [1.807, 2.05) is 19.9 Å². The SMILES string of the molecule is Cc1cc(C(=O)CCC(=O)Nc2ccc(N3CCNC3=O)cc2)c(C)s1. The summed E-state index contributed by atoms with van der Waals surface area (Å²) in [5, 5.41) is 5.54. The molecule has 1 fully saturated rings. The molecule has 0 saturated carbocycles. The van der Waals surface area contributed by atoms with Crippen LogP contribution in [-0.4, -0.2) is 30.8 Å². The van der Waals surface area contributed by atoms with Crippen LogP contribution in [0.4, 0.5) is 16.2 Å². The maximum absolute atomic E-state index is 12.2. The molecule has 0 atom stereocenters. The van der Waals surface area contributed by atoms with E-state index >= 15 is 0 Å². The van der Waals surface area contributed by atoms with Gasteiger partial charge in [-0.05, 0) is 44.2 Å². The first-order chi connectivity index (χ1) is 12.4. The van der Waals surface area contributed by atoms with Crippen LogP contribution in [0, 0.1) is 13.8 Å². The van der Waals surface area contributed by atoms with Crippen molar-refractivity contribution in [2.45, 2.75) is 26.7 Å². The largest absolute Gasteiger partial charge is 0.336 e. The van der Waals surface area contributed by atoms with Gasteiger partial charge in [0.25, 0.3) is 0 Å². The van der Waals surface area contributed by atoms with E-state index in [1.165, 1.54) is 0 Å². The Morgan fingerprint density at radius 3 is 2.50 bits per heavy atom. The van der Waals surface area contributed by atoms with Crippen LogP contribution in [0.2, 0.25) is 0 Å². The van der Waals surface area contributed by atoms with Gasteiger partial charge >= 0.3 is 6.03 Å². The van der Waals surface area contributed by atoms with Crippen LogP contribution in [0.25, 0.3) is 0 Å². The molecule has 1 saturated heterocycles. The molecule has 0 unspecified atom stereocenters. The van der Waals surface area contributed by atoms with Crippen molar-refractivity contribution in [3.8, 4) is 0 Å². The number of rotatable bonds is 6. The van der Waals surface area contributed by atoms with E-state index < -0.39 is 0 Å². The Labute approximate surface area is 156 Å². The highest BCUT2D eigenvalue weighted by Crippen LogP contribution is 2.23. The minimum absolute atomic E-state index is 0.00241. The fourth-order valence-electron chi connectivity index (χ4n) is 2.94. The highest BCUT2D eigenvalue weighted by Gasteiger charge is 2.20. The van der Waals surface area contributed by atoms with Gasteiger partial charge in [-0.1, -0.05) is 0 Å². The van der Waals surface area contributed by atoms with Gasteiger partial charge in [-0.15, -0.1) is 11.3 Å². The van der Waals surface area contributed by atoms with Crippen molar-refractivity contribution in [1.82, 2.24) is 5.32 Å². The molecule has 6 nitrogen and oxygen atoms in total. The second-order valence-corrected chi connectivity index (χ2v) is 7.69. The number of nitrogens with one attached hydrogen (secondary N) is 2. The summed E-state index contributed by atoms with van der Waals surface area (Å²) in [4.78, 5) is 39.7. The lowest BCUT2D eigenvalue weighted by Crippen LogP contribution is -2.27. The lowest BCUT2D eigenvalue weighted by Gasteiger charge is -2.14. The number of aryl methyl sites for hydroxylation is 2. The van der Waals surface area contributed by atoms with E-state index in [2.05, 4.69) is 10.6 Å². The summed E-state index contributed by atoms with van der Waals surface area (Å²) < 4.78 is 0. The number of urea groups is 1. The van der Waals surface area contributed by atoms with E-state index in [1.54, 1.807) is 40.5 Å². The summed E-state index contributed by atoms with van der Waals surface area (Å²) in [6.45, 7) is 5.16. The minimum Gasteiger partial charge on any atom is -0.336 e. The van der Waals surface area contributed by atoms with Gasteiger partial charge in [-0.3, -0.25) is 14.5 Å². The molecule has 0 radical (unpaired) electrons. The van der Waals surface area contributed by atoms with Crippen LogP contribution in [0.1, 0.15) is 33.0 Å². The summed E-state index contributed by atoms with van der Waals surface area (Å²) in [5.74, 6) is -0.202. The fraction of sp³-hybridized carbons (Fsp3) is 0.316. The molecule has 7 heteroatoms. The predicted molar refractivity (Wildman–Crippen MR) is 103 cm³/mol. The Hall–Kier alpha value is -2.67. The van der Waals surface area contributed by atoms with Gasteiger partial charge < -0.3 is 10.6 Å². The third-order valence-corrected chi connectivity index (χ3v) is 5.21. The monoisotopic (exact) mass is 371 g/mol. The van der Waals surface area contributed by atoms with Gasteiger partial charge in [0.05, 0.1) is 0 Å². The molecule has 2 N–H and O–H groups in total. The lowest BCUT2D eigenvalue weighted by molar-refractivity contribution is -0.116. The minimum atomic E-state index is -0.199. The van der Waals surface area contributed by atoms with Gasteiger partial charge in [0, 0.05) is 52.6 Å². The molecule has 2 aromatic rings. The molecule has 26 heavy (non-hydrogen) atoms. The van der Waals surface area contributed by atoms with Crippen molar-refractivity contribution < 1.29 is 14.4 Å². The Morgan fingerprint density at radius 2 is 1.92 bits per heavy atom. The molecule has 3 rings (SSSR count). The lowest BCUT2D eigenvalue weighted by atomic mass is 10.1. The maximum atomic E-state index is 12.2. The molecular formula is C19H21N3O3S. The molecule has 1 aromatic carbocycles. The summed E-state index contributed by atoms with van der Waals surface area (Å²) in [6.07, 6.45) is 0.332. The van der Waals surface area contributed by atoms with E-state index in [-0.39, 0.29) is 30.6 Å². The molecule has 2 heterocycles. The molecular weight excluding hydrogens is 350 g/mol. The first-order valence-corrected chi connectivity index (χ1v) is 9.31. The number of benzene rings is 1. The Bertz CT molecular complexity index is 842. The molecule has 0 bridgehead atoms. The van der Waals surface area contributed by atoms with Gasteiger partial charge in [0.15, 0.2) is 5.78 Å². The van der Waals surface area contributed by atoms with E-state index in [0.29, 0.717) is 24.3 Å². The predicted octanol–water partition coefficient (Wildman–Crippen LogP) is 3.50. The zero-order valence-corrected chi connectivity index (χ0v) is 15.6. The normalized spacial score (nSPS) is 13.6. The maximum Gasteiger partial charge on any atom is 0.321 e. The van der Waals surface area contributed by atoms with Crippen LogP contribution in [-0.2, 0) is 4.79 Å². The number of ketones is 1.